The van der Waals surface area contributed by atoms with Gasteiger partial charge in [0.05, 0.1) is 21.3 Å². The van der Waals surface area contributed by atoms with Gasteiger partial charge in [0.2, 0.25) is 10.0 Å². The second kappa shape index (κ2) is 7.28. The molecule has 0 saturated carbocycles. The largest absolute Gasteiger partial charge is 0.493 e. The zero-order valence-corrected chi connectivity index (χ0v) is 13.9. The molecule has 8 heteroatoms. The van der Waals surface area contributed by atoms with E-state index in [9.17, 15) is 13.2 Å². The second-order valence-corrected chi connectivity index (χ2v) is 6.52. The summed E-state index contributed by atoms with van der Waals surface area (Å²) in [6.07, 6.45) is 2.62. The molecule has 7 nitrogen and oxygen atoms in total. The monoisotopic (exact) mass is 329 g/mol. The number of hydrogen-bond donors (Lipinski definition) is 0. The van der Waals surface area contributed by atoms with Crippen molar-refractivity contribution in [3.05, 3.63) is 23.8 Å². The Labute approximate surface area is 130 Å². The van der Waals surface area contributed by atoms with E-state index in [4.69, 9.17) is 9.47 Å². The third-order valence-corrected chi connectivity index (χ3v) is 4.66. The fraction of sp³-hybridized carbons (Fsp3) is 0.357. The highest BCUT2D eigenvalue weighted by molar-refractivity contribution is 7.89. The van der Waals surface area contributed by atoms with Crippen LogP contribution >= 0.6 is 0 Å². The third-order valence-electron chi connectivity index (χ3n) is 2.84. The van der Waals surface area contributed by atoms with Gasteiger partial charge in [-0.05, 0) is 23.8 Å². The van der Waals surface area contributed by atoms with Crippen molar-refractivity contribution in [3.63, 3.8) is 0 Å². The van der Waals surface area contributed by atoms with Crippen LogP contribution in [-0.2, 0) is 19.6 Å². The number of methoxy groups -OCH3 is 3. The lowest BCUT2D eigenvalue weighted by Gasteiger charge is -2.17. The van der Waals surface area contributed by atoms with Gasteiger partial charge in [-0.25, -0.2) is 17.5 Å². The Bertz CT molecular complexity index is 679. The van der Waals surface area contributed by atoms with Gasteiger partial charge >= 0.3 is 5.97 Å². The lowest BCUT2D eigenvalue weighted by atomic mass is 10.2. The molecule has 1 aromatic rings. The molecule has 0 N–H and O–H groups in total. The van der Waals surface area contributed by atoms with Crippen LogP contribution in [0, 0.1) is 0 Å². The summed E-state index contributed by atoms with van der Waals surface area (Å²) in [6, 6.07) is 2.96. The van der Waals surface area contributed by atoms with Crippen LogP contribution in [0.15, 0.2) is 23.1 Å². The fourth-order valence-corrected chi connectivity index (χ4v) is 2.76. The lowest BCUT2D eigenvalue weighted by molar-refractivity contribution is -0.134. The topological polar surface area (TPSA) is 82.1 Å². The van der Waals surface area contributed by atoms with Crippen molar-refractivity contribution in [2.75, 3.05) is 35.4 Å². The minimum atomic E-state index is -3.74. The number of nitrogens with zero attached hydrogens (tertiary/aromatic N) is 1. The first-order valence-corrected chi connectivity index (χ1v) is 7.66. The molecule has 1 rings (SSSR count). The minimum absolute atomic E-state index is 0.0520. The average molecular weight is 329 g/mol. The summed E-state index contributed by atoms with van der Waals surface area (Å²) in [6.45, 7) is 0. The summed E-state index contributed by atoms with van der Waals surface area (Å²) < 4.78 is 40.7. The molecule has 0 radical (unpaired) electrons. The SMILES string of the molecule is COC(=O)/C=C/c1cc(OC)c(OC)c(S(=O)(=O)N(C)C)c1. The molecule has 1 aromatic carbocycles. The van der Waals surface area contributed by atoms with Gasteiger partial charge in [0.15, 0.2) is 11.5 Å². The molecule has 0 atom stereocenters. The van der Waals surface area contributed by atoms with Gasteiger partial charge < -0.3 is 14.2 Å². The Balaban J connectivity index is 3.54. The first kappa shape index (κ1) is 18.0. The minimum Gasteiger partial charge on any atom is -0.493 e. The molecular weight excluding hydrogens is 310 g/mol. The molecule has 0 saturated heterocycles. The van der Waals surface area contributed by atoms with Gasteiger partial charge in [-0.15, -0.1) is 0 Å². The molecule has 22 heavy (non-hydrogen) atoms. The van der Waals surface area contributed by atoms with Crippen molar-refractivity contribution in [2.45, 2.75) is 4.90 Å². The summed E-state index contributed by atoms with van der Waals surface area (Å²) in [5.41, 5.74) is 0.462. The van der Waals surface area contributed by atoms with Gasteiger partial charge in [0.1, 0.15) is 4.90 Å². The standard InChI is InChI=1S/C14H19NO6S/c1-15(2)22(17,18)12-9-10(6-7-13(16)20-4)8-11(19-3)14(12)21-5/h6-9H,1-5H3/b7-6+. The van der Waals surface area contributed by atoms with Crippen LogP contribution in [0.25, 0.3) is 6.08 Å². The van der Waals surface area contributed by atoms with Crippen molar-refractivity contribution in [2.24, 2.45) is 0 Å². The number of carbonyl (C=O) groups is 1. The van der Waals surface area contributed by atoms with E-state index in [0.29, 0.717) is 5.56 Å². The molecule has 0 aliphatic carbocycles. The molecule has 0 spiro atoms. The maximum Gasteiger partial charge on any atom is 0.330 e. The van der Waals surface area contributed by atoms with E-state index >= 15 is 0 Å². The van der Waals surface area contributed by atoms with E-state index in [0.717, 1.165) is 4.31 Å². The number of esters is 1. The third kappa shape index (κ3) is 3.77. The Hall–Kier alpha value is -2.06. The average Bonchev–Trinajstić information content (AvgIpc) is 2.50. The summed E-state index contributed by atoms with van der Waals surface area (Å²) in [7, 11) is 3.10. The number of hydrogen-bond acceptors (Lipinski definition) is 6. The molecule has 122 valence electrons. The summed E-state index contributed by atoms with van der Waals surface area (Å²) in [4.78, 5) is 11.1. The zero-order valence-electron chi connectivity index (χ0n) is 13.1. The van der Waals surface area contributed by atoms with Crippen LogP contribution in [0.3, 0.4) is 0 Å². The summed E-state index contributed by atoms with van der Waals surface area (Å²) in [5.74, 6) is -0.201. The van der Waals surface area contributed by atoms with Crippen LogP contribution < -0.4 is 9.47 Å². The predicted molar refractivity (Wildman–Crippen MR) is 81.5 cm³/mol. The molecule has 0 amide bonds. The van der Waals surface area contributed by atoms with Crippen LogP contribution in [-0.4, -0.2) is 54.1 Å². The molecule has 0 fully saturated rings. The van der Waals surface area contributed by atoms with Crippen molar-refractivity contribution in [3.8, 4) is 11.5 Å². The van der Waals surface area contributed by atoms with E-state index in [1.807, 2.05) is 0 Å². The van der Waals surface area contributed by atoms with Crippen molar-refractivity contribution < 1.29 is 27.4 Å². The molecule has 0 unspecified atom stereocenters. The highest BCUT2D eigenvalue weighted by atomic mass is 32.2. The number of ether oxygens (including phenoxy) is 3. The molecule has 0 aliphatic heterocycles. The number of benzene rings is 1. The highest BCUT2D eigenvalue weighted by Gasteiger charge is 2.25. The number of carbonyl (C=O) groups excluding carboxylic acids is 1. The first-order chi connectivity index (χ1) is 10.3. The van der Waals surface area contributed by atoms with Gasteiger partial charge in [-0.1, -0.05) is 0 Å². The van der Waals surface area contributed by atoms with Crippen LogP contribution in [0.5, 0.6) is 11.5 Å². The van der Waals surface area contributed by atoms with E-state index in [1.165, 1.54) is 53.6 Å². The second-order valence-electron chi connectivity index (χ2n) is 4.40. The van der Waals surface area contributed by atoms with E-state index in [2.05, 4.69) is 4.74 Å². The number of sulfonamides is 1. The Morgan fingerprint density at radius 3 is 2.23 bits per heavy atom. The molecule has 0 aromatic heterocycles. The number of rotatable bonds is 6. The smallest absolute Gasteiger partial charge is 0.330 e. The van der Waals surface area contributed by atoms with Crippen molar-refractivity contribution >= 4 is 22.1 Å². The Morgan fingerprint density at radius 1 is 1.14 bits per heavy atom. The normalized spacial score (nSPS) is 11.7. The van der Waals surface area contributed by atoms with Crippen LogP contribution in [0.1, 0.15) is 5.56 Å². The quantitative estimate of drug-likeness (QED) is 0.575. The van der Waals surface area contributed by atoms with Gasteiger partial charge in [-0.2, -0.15) is 0 Å². The molecule has 0 bridgehead atoms. The lowest BCUT2D eigenvalue weighted by Crippen LogP contribution is -2.23. The zero-order chi connectivity index (χ0) is 16.9. The Morgan fingerprint density at radius 2 is 1.77 bits per heavy atom. The molecule has 0 aliphatic rings. The first-order valence-electron chi connectivity index (χ1n) is 6.22. The van der Waals surface area contributed by atoms with Gasteiger partial charge in [0.25, 0.3) is 0 Å². The summed E-state index contributed by atoms with van der Waals surface area (Å²) in [5, 5.41) is 0. The van der Waals surface area contributed by atoms with Crippen molar-refractivity contribution in [1.29, 1.82) is 0 Å². The maximum atomic E-state index is 12.4. The molecular formula is C14H19NO6S. The fourth-order valence-electron chi connectivity index (χ4n) is 1.67. The van der Waals surface area contributed by atoms with E-state index < -0.39 is 16.0 Å². The van der Waals surface area contributed by atoms with Crippen LogP contribution in [0.4, 0.5) is 0 Å². The maximum absolute atomic E-state index is 12.4. The van der Waals surface area contributed by atoms with Gasteiger partial charge in [0, 0.05) is 20.2 Å². The predicted octanol–water partition coefficient (Wildman–Crippen LogP) is 1.14. The summed E-state index contributed by atoms with van der Waals surface area (Å²) >= 11 is 0. The van der Waals surface area contributed by atoms with Crippen molar-refractivity contribution in [1.82, 2.24) is 4.31 Å². The molecule has 0 heterocycles. The Kier molecular flexibility index (Phi) is 5.95. The van der Waals surface area contributed by atoms with Gasteiger partial charge in [-0.3, -0.25) is 0 Å². The highest BCUT2D eigenvalue weighted by Crippen LogP contribution is 2.37. The van der Waals surface area contributed by atoms with E-state index in [1.54, 1.807) is 6.07 Å². The van der Waals surface area contributed by atoms with E-state index in [-0.39, 0.29) is 16.4 Å². The van der Waals surface area contributed by atoms with Crippen LogP contribution in [0.2, 0.25) is 0 Å².